The Bertz CT molecular complexity index is 462. The quantitative estimate of drug-likeness (QED) is 0.477. The molecule has 0 saturated carbocycles. The van der Waals surface area contributed by atoms with E-state index in [1.807, 2.05) is 0 Å². The first-order valence-electron chi connectivity index (χ1n) is 6.21. The van der Waals surface area contributed by atoms with Crippen LogP contribution in [0.1, 0.15) is 5.56 Å². The highest BCUT2D eigenvalue weighted by atomic mass is 16.7. The van der Waals surface area contributed by atoms with Crippen molar-refractivity contribution in [2.75, 3.05) is 6.61 Å². The standard InChI is InChI=1S/C13H18O7/c1-6-4-7(15)2-3-8(6)19-13-12(18)11(17)10(16)9(5-14)20-13/h2-4,9-18H,5H2,1H3/t9-,10-,11-,12-,13-/m0/s1. The maximum absolute atomic E-state index is 9.84. The first-order chi connectivity index (χ1) is 9.43. The van der Waals surface area contributed by atoms with E-state index in [2.05, 4.69) is 0 Å². The summed E-state index contributed by atoms with van der Waals surface area (Å²) in [6.07, 6.45) is -6.61. The average Bonchev–Trinajstić information content (AvgIpc) is 2.42. The molecule has 1 aromatic carbocycles. The van der Waals surface area contributed by atoms with Crippen LogP contribution in [0.25, 0.3) is 0 Å². The number of aromatic hydroxyl groups is 1. The molecule has 20 heavy (non-hydrogen) atoms. The maximum Gasteiger partial charge on any atom is 0.229 e. The Balaban J connectivity index is 2.15. The number of aryl methyl sites for hydroxylation is 1. The van der Waals surface area contributed by atoms with Crippen molar-refractivity contribution in [3.05, 3.63) is 23.8 Å². The number of phenols is 1. The lowest BCUT2D eigenvalue weighted by atomic mass is 9.99. The topological polar surface area (TPSA) is 120 Å². The number of hydrogen-bond acceptors (Lipinski definition) is 7. The van der Waals surface area contributed by atoms with Crippen molar-refractivity contribution >= 4 is 0 Å². The van der Waals surface area contributed by atoms with Gasteiger partial charge in [-0.25, -0.2) is 0 Å². The molecule has 1 aliphatic rings. The molecule has 0 bridgehead atoms. The molecule has 0 unspecified atom stereocenters. The molecule has 7 heteroatoms. The minimum absolute atomic E-state index is 0.0728. The molecular weight excluding hydrogens is 268 g/mol. The number of phenolic OH excluding ortho intramolecular Hbond substituents is 1. The minimum atomic E-state index is -1.48. The minimum Gasteiger partial charge on any atom is -0.508 e. The Morgan fingerprint density at radius 1 is 1.15 bits per heavy atom. The molecule has 112 valence electrons. The van der Waals surface area contributed by atoms with Crippen LogP contribution in [0.5, 0.6) is 11.5 Å². The van der Waals surface area contributed by atoms with Gasteiger partial charge in [-0.05, 0) is 30.7 Å². The summed E-state index contributed by atoms with van der Waals surface area (Å²) in [6.45, 7) is 1.18. The summed E-state index contributed by atoms with van der Waals surface area (Å²) in [5.41, 5.74) is 0.613. The van der Waals surface area contributed by atoms with E-state index in [0.717, 1.165) is 0 Å². The first kappa shape index (κ1) is 15.0. The summed E-state index contributed by atoms with van der Waals surface area (Å²) in [6, 6.07) is 4.37. The van der Waals surface area contributed by atoms with Crippen LogP contribution in [0.2, 0.25) is 0 Å². The Morgan fingerprint density at radius 3 is 2.45 bits per heavy atom. The van der Waals surface area contributed by atoms with Crippen LogP contribution in [0.3, 0.4) is 0 Å². The van der Waals surface area contributed by atoms with Crippen LogP contribution in [-0.4, -0.2) is 62.8 Å². The molecule has 0 spiro atoms. The number of aliphatic hydroxyl groups is 4. The molecule has 0 aliphatic carbocycles. The second-order valence-electron chi connectivity index (χ2n) is 4.76. The van der Waals surface area contributed by atoms with Gasteiger partial charge in [0.25, 0.3) is 0 Å². The summed E-state index contributed by atoms with van der Waals surface area (Å²) in [5.74, 6) is 0.427. The zero-order valence-corrected chi connectivity index (χ0v) is 10.9. The van der Waals surface area contributed by atoms with E-state index in [-0.39, 0.29) is 5.75 Å². The summed E-state index contributed by atoms with van der Waals surface area (Å²) in [7, 11) is 0. The molecule has 0 aromatic heterocycles. The van der Waals surface area contributed by atoms with E-state index in [1.165, 1.54) is 18.2 Å². The van der Waals surface area contributed by atoms with Gasteiger partial charge >= 0.3 is 0 Å². The summed E-state index contributed by atoms with van der Waals surface area (Å²) >= 11 is 0. The van der Waals surface area contributed by atoms with Crippen molar-refractivity contribution in [2.45, 2.75) is 37.6 Å². The van der Waals surface area contributed by atoms with E-state index in [9.17, 15) is 20.4 Å². The molecular formula is C13H18O7. The third-order valence-corrected chi connectivity index (χ3v) is 3.25. The van der Waals surface area contributed by atoms with E-state index in [4.69, 9.17) is 14.6 Å². The SMILES string of the molecule is Cc1cc(O)ccc1O[C@H]1O[C@@H](CO)[C@H](O)[C@H](O)[C@@H]1O. The largest absolute Gasteiger partial charge is 0.508 e. The number of hydrogen-bond donors (Lipinski definition) is 5. The van der Waals surface area contributed by atoms with Gasteiger partial charge in [0.2, 0.25) is 6.29 Å². The highest BCUT2D eigenvalue weighted by Gasteiger charge is 2.44. The van der Waals surface area contributed by atoms with Gasteiger partial charge < -0.3 is 35.0 Å². The van der Waals surface area contributed by atoms with Gasteiger partial charge in [0, 0.05) is 0 Å². The number of rotatable bonds is 3. The van der Waals surface area contributed by atoms with Crippen LogP contribution < -0.4 is 4.74 Å². The number of benzene rings is 1. The third-order valence-electron chi connectivity index (χ3n) is 3.25. The van der Waals surface area contributed by atoms with Gasteiger partial charge in [-0.3, -0.25) is 0 Å². The number of aliphatic hydroxyl groups excluding tert-OH is 4. The Hall–Kier alpha value is -1.38. The number of ether oxygens (including phenoxy) is 2. The lowest BCUT2D eigenvalue weighted by molar-refractivity contribution is -0.277. The molecule has 0 amide bonds. The van der Waals surface area contributed by atoms with Crippen molar-refractivity contribution in [2.24, 2.45) is 0 Å². The smallest absolute Gasteiger partial charge is 0.229 e. The van der Waals surface area contributed by atoms with E-state index in [1.54, 1.807) is 6.92 Å². The highest BCUT2D eigenvalue weighted by molar-refractivity contribution is 5.38. The monoisotopic (exact) mass is 286 g/mol. The second kappa shape index (κ2) is 5.94. The normalized spacial score (nSPS) is 34.0. The van der Waals surface area contributed by atoms with Gasteiger partial charge in [0.05, 0.1) is 6.61 Å². The molecule has 1 saturated heterocycles. The van der Waals surface area contributed by atoms with E-state index >= 15 is 0 Å². The van der Waals surface area contributed by atoms with Crippen LogP contribution in [0, 0.1) is 6.92 Å². The molecule has 1 aromatic rings. The van der Waals surface area contributed by atoms with Crippen molar-refractivity contribution in [3.63, 3.8) is 0 Å². The van der Waals surface area contributed by atoms with Gasteiger partial charge in [0.15, 0.2) is 0 Å². The van der Waals surface area contributed by atoms with Gasteiger partial charge in [-0.1, -0.05) is 0 Å². The molecule has 0 radical (unpaired) electrons. The molecule has 2 rings (SSSR count). The van der Waals surface area contributed by atoms with Crippen molar-refractivity contribution in [1.82, 2.24) is 0 Å². The Morgan fingerprint density at radius 2 is 1.85 bits per heavy atom. The predicted octanol–water partition coefficient (Wildman–Crippen LogP) is -1.12. The van der Waals surface area contributed by atoms with Crippen molar-refractivity contribution in [1.29, 1.82) is 0 Å². The second-order valence-corrected chi connectivity index (χ2v) is 4.76. The van der Waals surface area contributed by atoms with Gasteiger partial charge in [0.1, 0.15) is 35.9 Å². The Kier molecular flexibility index (Phi) is 4.46. The van der Waals surface area contributed by atoms with Crippen LogP contribution in [-0.2, 0) is 4.74 Å². The molecule has 5 N–H and O–H groups in total. The summed E-state index contributed by atoms with van der Waals surface area (Å²) in [4.78, 5) is 0. The maximum atomic E-state index is 9.84. The molecule has 1 heterocycles. The third kappa shape index (κ3) is 2.87. The van der Waals surface area contributed by atoms with Gasteiger partial charge in [-0.15, -0.1) is 0 Å². The molecule has 7 nitrogen and oxygen atoms in total. The predicted molar refractivity (Wildman–Crippen MR) is 67.2 cm³/mol. The van der Waals surface area contributed by atoms with Crippen molar-refractivity contribution in [3.8, 4) is 11.5 Å². The lowest BCUT2D eigenvalue weighted by Crippen LogP contribution is -2.60. The molecule has 1 fully saturated rings. The van der Waals surface area contributed by atoms with E-state index in [0.29, 0.717) is 11.3 Å². The fourth-order valence-corrected chi connectivity index (χ4v) is 2.06. The van der Waals surface area contributed by atoms with Gasteiger partial charge in [-0.2, -0.15) is 0 Å². The fraction of sp³-hybridized carbons (Fsp3) is 0.538. The first-order valence-corrected chi connectivity index (χ1v) is 6.21. The molecule has 5 atom stereocenters. The van der Waals surface area contributed by atoms with Crippen LogP contribution >= 0.6 is 0 Å². The Labute approximate surface area is 115 Å². The summed E-state index contributed by atoms with van der Waals surface area (Å²) in [5, 5.41) is 47.5. The fourth-order valence-electron chi connectivity index (χ4n) is 2.06. The van der Waals surface area contributed by atoms with Crippen LogP contribution in [0.15, 0.2) is 18.2 Å². The van der Waals surface area contributed by atoms with E-state index < -0.39 is 37.3 Å². The summed E-state index contributed by atoms with van der Waals surface area (Å²) < 4.78 is 10.7. The zero-order valence-electron chi connectivity index (χ0n) is 10.9. The zero-order chi connectivity index (χ0) is 14.9. The molecule has 1 aliphatic heterocycles. The highest BCUT2D eigenvalue weighted by Crippen LogP contribution is 2.28. The van der Waals surface area contributed by atoms with Crippen molar-refractivity contribution < 1.29 is 35.0 Å². The lowest BCUT2D eigenvalue weighted by Gasteiger charge is -2.39. The van der Waals surface area contributed by atoms with Crippen LogP contribution in [0.4, 0.5) is 0 Å². The average molecular weight is 286 g/mol.